The highest BCUT2D eigenvalue weighted by Crippen LogP contribution is 2.39. The summed E-state index contributed by atoms with van der Waals surface area (Å²) in [5.74, 6) is -0.143. The Bertz CT molecular complexity index is 1230. The maximum Gasteiger partial charge on any atom is 0.274 e. The summed E-state index contributed by atoms with van der Waals surface area (Å²) in [6.45, 7) is 2.50. The molecule has 2 aliphatic heterocycles. The topological polar surface area (TPSA) is 102 Å². The average molecular weight is 430 g/mol. The van der Waals surface area contributed by atoms with Crippen molar-refractivity contribution in [2.75, 3.05) is 18.6 Å². The third-order valence-electron chi connectivity index (χ3n) is 5.58. The van der Waals surface area contributed by atoms with Crippen molar-refractivity contribution >= 4 is 28.9 Å². The second-order valence-corrected chi connectivity index (χ2v) is 7.99. The zero-order chi connectivity index (χ0) is 22.2. The fourth-order valence-electron chi connectivity index (χ4n) is 3.93. The predicted molar refractivity (Wildman–Crippen MR) is 119 cm³/mol. The molecule has 5 rings (SSSR count). The average Bonchev–Trinajstić information content (AvgIpc) is 3.38. The van der Waals surface area contributed by atoms with Gasteiger partial charge < -0.3 is 15.0 Å². The number of amides is 2. The number of nitrogens with one attached hydrogen (secondary N) is 1. The van der Waals surface area contributed by atoms with Gasteiger partial charge in [0.05, 0.1) is 24.1 Å². The first kappa shape index (κ1) is 19.9. The zero-order valence-electron chi connectivity index (χ0n) is 17.8. The molecule has 0 bridgehead atoms. The van der Waals surface area contributed by atoms with E-state index in [1.165, 1.54) is 4.90 Å². The van der Waals surface area contributed by atoms with E-state index in [0.29, 0.717) is 18.0 Å². The van der Waals surface area contributed by atoms with Crippen molar-refractivity contribution in [2.24, 2.45) is 4.99 Å². The molecule has 3 heterocycles. The van der Waals surface area contributed by atoms with Gasteiger partial charge in [-0.1, -0.05) is 35.5 Å². The Hall–Kier alpha value is -4.01. The molecule has 0 radical (unpaired) electrons. The van der Waals surface area contributed by atoms with Crippen LogP contribution in [0, 0.1) is 0 Å². The minimum Gasteiger partial charge on any atom is -0.489 e. The van der Waals surface area contributed by atoms with Crippen molar-refractivity contribution in [3.63, 3.8) is 0 Å². The summed E-state index contributed by atoms with van der Waals surface area (Å²) < 4.78 is 7.50. The molecular formula is C23H22N6O3. The number of hydrogen-bond donors (Lipinski definition) is 1. The number of aromatic nitrogens is 3. The van der Waals surface area contributed by atoms with Gasteiger partial charge in [0.15, 0.2) is 5.69 Å². The predicted octanol–water partition coefficient (Wildman–Crippen LogP) is 2.13. The van der Waals surface area contributed by atoms with Crippen molar-refractivity contribution in [3.8, 4) is 5.75 Å². The normalized spacial score (nSPS) is 17.2. The highest BCUT2D eigenvalue weighted by molar-refractivity contribution is 6.03. The summed E-state index contributed by atoms with van der Waals surface area (Å²) in [6.07, 6.45) is 2.33. The van der Waals surface area contributed by atoms with Crippen LogP contribution < -0.4 is 15.0 Å². The molecule has 3 aromatic rings. The molecule has 9 nitrogen and oxygen atoms in total. The number of hydrogen-bond acceptors (Lipinski definition) is 6. The van der Waals surface area contributed by atoms with E-state index in [1.807, 2.05) is 49.4 Å². The van der Waals surface area contributed by atoms with E-state index >= 15 is 0 Å². The minimum atomic E-state index is -0.848. The van der Waals surface area contributed by atoms with Crippen LogP contribution in [0.25, 0.3) is 0 Å². The smallest absolute Gasteiger partial charge is 0.274 e. The van der Waals surface area contributed by atoms with Crippen LogP contribution in [-0.4, -0.2) is 52.2 Å². The van der Waals surface area contributed by atoms with Gasteiger partial charge in [-0.3, -0.25) is 14.6 Å². The Morgan fingerprint density at radius 2 is 2.06 bits per heavy atom. The maximum atomic E-state index is 13.0. The number of carbonyl (C=O) groups is 2. The second kappa shape index (κ2) is 7.92. The molecule has 1 atom stereocenters. The lowest BCUT2D eigenvalue weighted by Gasteiger charge is -2.20. The lowest BCUT2D eigenvalue weighted by Crippen LogP contribution is -2.49. The third-order valence-corrected chi connectivity index (χ3v) is 5.58. The highest BCUT2D eigenvalue weighted by Gasteiger charge is 2.32. The van der Waals surface area contributed by atoms with E-state index in [4.69, 9.17) is 4.74 Å². The number of ether oxygens (including phenoxy) is 1. The standard InChI is InChI=1S/C23H22N6O3/c1-14-8-16-9-21-20(10-17(16)24-14)28(2)23(31)19(13-32-21)25-22(30)18-12-29(27-26-18)11-15-6-4-3-5-7-15/h3-7,9-10,12,19H,8,11,13H2,1-2H3,(H,25,30)/t19-/m0/s1. The number of carbonyl (C=O) groups excluding carboxylic acids is 2. The van der Waals surface area contributed by atoms with E-state index in [1.54, 1.807) is 17.9 Å². The zero-order valence-corrected chi connectivity index (χ0v) is 17.8. The van der Waals surface area contributed by atoms with Crippen LogP contribution in [-0.2, 0) is 17.8 Å². The van der Waals surface area contributed by atoms with Gasteiger partial charge in [0.1, 0.15) is 18.4 Å². The molecule has 0 saturated carbocycles. The minimum absolute atomic E-state index is 0.0265. The van der Waals surface area contributed by atoms with E-state index in [9.17, 15) is 9.59 Å². The molecule has 9 heteroatoms. The number of nitrogens with zero attached hydrogens (tertiary/aromatic N) is 5. The molecule has 1 N–H and O–H groups in total. The number of rotatable bonds is 4. The number of aliphatic imine (C=N–C) groups is 1. The van der Waals surface area contributed by atoms with Gasteiger partial charge in [0.2, 0.25) is 0 Å². The Kier molecular flexibility index (Phi) is 4.93. The largest absolute Gasteiger partial charge is 0.489 e. The summed E-state index contributed by atoms with van der Waals surface area (Å²) in [5.41, 5.74) is 4.77. The first-order chi connectivity index (χ1) is 15.5. The fourth-order valence-corrected chi connectivity index (χ4v) is 3.93. The molecule has 2 aliphatic rings. The van der Waals surface area contributed by atoms with E-state index in [2.05, 4.69) is 20.6 Å². The fraction of sp³-hybridized carbons (Fsp3) is 0.261. The van der Waals surface area contributed by atoms with Crippen molar-refractivity contribution in [2.45, 2.75) is 25.9 Å². The maximum absolute atomic E-state index is 13.0. The first-order valence-electron chi connectivity index (χ1n) is 10.3. The Labute approximate surface area is 184 Å². The summed E-state index contributed by atoms with van der Waals surface area (Å²) in [6, 6.07) is 12.7. The summed E-state index contributed by atoms with van der Waals surface area (Å²) in [4.78, 5) is 31.8. The Morgan fingerprint density at radius 3 is 2.88 bits per heavy atom. The molecule has 0 aliphatic carbocycles. The highest BCUT2D eigenvalue weighted by atomic mass is 16.5. The first-order valence-corrected chi connectivity index (χ1v) is 10.3. The number of fused-ring (bicyclic) bond motifs is 2. The van der Waals surface area contributed by atoms with Crippen LogP contribution in [0.4, 0.5) is 11.4 Å². The third kappa shape index (κ3) is 3.73. The number of anilines is 1. The molecule has 32 heavy (non-hydrogen) atoms. The van der Waals surface area contributed by atoms with Crippen LogP contribution in [0.15, 0.2) is 53.7 Å². The van der Waals surface area contributed by atoms with Gasteiger partial charge in [-0.25, -0.2) is 4.68 Å². The second-order valence-electron chi connectivity index (χ2n) is 7.99. The van der Waals surface area contributed by atoms with Gasteiger partial charge in [0, 0.05) is 19.2 Å². The Morgan fingerprint density at radius 1 is 1.25 bits per heavy atom. The Balaban J connectivity index is 1.30. The number of benzene rings is 2. The quantitative estimate of drug-likeness (QED) is 0.683. The van der Waals surface area contributed by atoms with Crippen molar-refractivity contribution in [3.05, 3.63) is 65.5 Å². The van der Waals surface area contributed by atoms with Crippen LogP contribution in [0.1, 0.15) is 28.5 Å². The van der Waals surface area contributed by atoms with E-state index < -0.39 is 11.9 Å². The molecule has 0 fully saturated rings. The molecule has 0 unspecified atom stereocenters. The molecule has 2 amide bonds. The molecular weight excluding hydrogens is 408 g/mol. The molecule has 0 spiro atoms. The van der Waals surface area contributed by atoms with Crippen LogP contribution in [0.2, 0.25) is 0 Å². The van der Waals surface area contributed by atoms with Crippen molar-refractivity contribution in [1.82, 2.24) is 20.3 Å². The van der Waals surface area contributed by atoms with Crippen LogP contribution in [0.3, 0.4) is 0 Å². The summed E-state index contributed by atoms with van der Waals surface area (Å²) in [5, 5.41) is 10.7. The van der Waals surface area contributed by atoms with Crippen molar-refractivity contribution in [1.29, 1.82) is 0 Å². The monoisotopic (exact) mass is 430 g/mol. The van der Waals surface area contributed by atoms with E-state index in [0.717, 1.165) is 28.9 Å². The van der Waals surface area contributed by atoms with Crippen LogP contribution in [0.5, 0.6) is 5.75 Å². The van der Waals surface area contributed by atoms with Gasteiger partial charge in [-0.05, 0) is 30.2 Å². The number of likely N-dealkylation sites (N-methyl/N-ethyl adjacent to an activating group) is 1. The lowest BCUT2D eigenvalue weighted by atomic mass is 10.1. The van der Waals surface area contributed by atoms with Gasteiger partial charge >= 0.3 is 0 Å². The van der Waals surface area contributed by atoms with Gasteiger partial charge in [-0.2, -0.15) is 0 Å². The molecule has 0 saturated heterocycles. The molecule has 2 aromatic carbocycles. The van der Waals surface area contributed by atoms with Gasteiger partial charge in [0.25, 0.3) is 11.8 Å². The summed E-state index contributed by atoms with van der Waals surface area (Å²) in [7, 11) is 1.67. The lowest BCUT2D eigenvalue weighted by molar-refractivity contribution is -0.120. The SMILES string of the molecule is CC1=Nc2cc3c(cc2C1)OC[C@H](NC(=O)c1cn(Cc2ccccc2)nn1)C(=O)N3C. The van der Waals surface area contributed by atoms with Gasteiger partial charge in [-0.15, -0.1) is 5.10 Å². The molecule has 162 valence electrons. The van der Waals surface area contributed by atoms with E-state index in [-0.39, 0.29) is 18.2 Å². The molecule has 1 aromatic heterocycles. The summed E-state index contributed by atoms with van der Waals surface area (Å²) >= 11 is 0. The van der Waals surface area contributed by atoms with Crippen molar-refractivity contribution < 1.29 is 14.3 Å². The van der Waals surface area contributed by atoms with Crippen LogP contribution >= 0.6 is 0 Å².